The van der Waals surface area contributed by atoms with Gasteiger partial charge in [0.25, 0.3) is 0 Å². The molecule has 0 aliphatic rings. The Balaban J connectivity index is 0.00000200. The number of hydrogen-bond donors (Lipinski definition) is 0. The molecule has 0 saturated carbocycles. The first-order valence-corrected chi connectivity index (χ1v) is 7.06. The van der Waals surface area contributed by atoms with E-state index in [0.717, 1.165) is 22.0 Å². The van der Waals surface area contributed by atoms with Gasteiger partial charge in [-0.15, -0.1) is 0 Å². The first-order chi connectivity index (χ1) is 9.22. The van der Waals surface area contributed by atoms with Crippen LogP contribution in [-0.4, -0.2) is 5.78 Å². The lowest BCUT2D eigenvalue weighted by Crippen LogP contribution is -2.03. The van der Waals surface area contributed by atoms with Gasteiger partial charge in [-0.25, -0.2) is 0 Å². The third-order valence-electron chi connectivity index (χ3n) is 2.93. The molecule has 0 unspecified atom stereocenters. The Morgan fingerprint density at radius 2 is 1.65 bits per heavy atom. The summed E-state index contributed by atoms with van der Waals surface area (Å²) in [5.41, 5.74) is 2.59. The van der Waals surface area contributed by atoms with E-state index in [-0.39, 0.29) is 13.2 Å². The zero-order valence-corrected chi connectivity index (χ0v) is 12.4. The van der Waals surface area contributed by atoms with Gasteiger partial charge < -0.3 is 0 Å². The van der Waals surface area contributed by atoms with E-state index in [0.29, 0.717) is 5.56 Å². The van der Waals surface area contributed by atoms with Crippen LogP contribution in [0, 0.1) is 0 Å². The molecule has 0 aliphatic heterocycles. The van der Waals surface area contributed by atoms with Crippen molar-refractivity contribution in [2.75, 3.05) is 0 Å². The highest BCUT2D eigenvalue weighted by atomic mass is 79.9. The topological polar surface area (TPSA) is 17.1 Å². The smallest absolute Gasteiger partial charge is 0.190 e. The lowest BCUT2D eigenvalue weighted by molar-refractivity contribution is 0.103. The molecular formula is C18H19BrO. The number of benzene rings is 2. The molecule has 0 fully saturated rings. The summed E-state index contributed by atoms with van der Waals surface area (Å²) in [6.45, 7) is 2.00. The molecule has 0 spiro atoms. The first kappa shape index (κ1) is 16.4. The Labute approximate surface area is 129 Å². The first-order valence-electron chi connectivity index (χ1n) is 6.27. The molecule has 20 heavy (non-hydrogen) atoms. The number of allylic oxidation sites excluding steroid dienone is 1. The Bertz CT molecular complexity index is 600. The van der Waals surface area contributed by atoms with Crippen molar-refractivity contribution in [1.29, 1.82) is 0 Å². The van der Waals surface area contributed by atoms with Crippen LogP contribution in [0.2, 0.25) is 0 Å². The summed E-state index contributed by atoms with van der Waals surface area (Å²) in [5.74, 6) is 0.0822. The van der Waals surface area contributed by atoms with Crippen LogP contribution in [0.25, 0.3) is 6.08 Å². The van der Waals surface area contributed by atoms with Crippen molar-refractivity contribution in [3.05, 3.63) is 75.8 Å². The van der Waals surface area contributed by atoms with Crippen LogP contribution in [0.1, 0.15) is 36.7 Å². The largest absolute Gasteiger partial charge is 0.289 e. The number of ketones is 1. The van der Waals surface area contributed by atoms with Crippen LogP contribution in [0.15, 0.2) is 64.6 Å². The maximum absolute atomic E-state index is 12.5. The van der Waals surface area contributed by atoms with Crippen molar-refractivity contribution in [2.24, 2.45) is 0 Å². The minimum Gasteiger partial charge on any atom is -0.289 e. The van der Waals surface area contributed by atoms with Gasteiger partial charge in [0.1, 0.15) is 0 Å². The molecule has 104 valence electrons. The molecular weight excluding hydrogens is 312 g/mol. The highest BCUT2D eigenvalue weighted by molar-refractivity contribution is 9.10. The fourth-order valence-electron chi connectivity index (χ4n) is 1.90. The van der Waals surface area contributed by atoms with Gasteiger partial charge in [0, 0.05) is 15.6 Å². The quantitative estimate of drug-likeness (QED) is 0.514. The van der Waals surface area contributed by atoms with E-state index in [1.165, 1.54) is 0 Å². The van der Waals surface area contributed by atoms with E-state index in [9.17, 15) is 4.79 Å². The highest BCUT2D eigenvalue weighted by Crippen LogP contribution is 2.22. The summed E-state index contributed by atoms with van der Waals surface area (Å²) < 4.78 is 0.840. The molecule has 0 aliphatic carbocycles. The van der Waals surface area contributed by atoms with Crippen LogP contribution in [0.5, 0.6) is 0 Å². The lowest BCUT2D eigenvalue weighted by atomic mass is 9.99. The predicted molar refractivity (Wildman–Crippen MR) is 89.9 cm³/mol. The number of rotatable bonds is 4. The van der Waals surface area contributed by atoms with Crippen LogP contribution >= 0.6 is 15.9 Å². The number of carbonyl (C=O) groups is 1. The molecule has 0 saturated heterocycles. The normalized spacial score (nSPS) is 10.8. The zero-order valence-electron chi connectivity index (χ0n) is 10.8. The molecule has 0 radical (unpaired) electrons. The SMILES string of the molecule is C.CC/C(=C\c1ccccc1)C(=O)c1ccccc1Br. The second-order valence-electron chi connectivity index (χ2n) is 4.24. The van der Waals surface area contributed by atoms with E-state index >= 15 is 0 Å². The van der Waals surface area contributed by atoms with Gasteiger partial charge in [0.2, 0.25) is 0 Å². The van der Waals surface area contributed by atoms with Crippen molar-refractivity contribution >= 4 is 27.8 Å². The molecule has 0 atom stereocenters. The summed E-state index contributed by atoms with van der Waals surface area (Å²) in [5, 5.41) is 0. The Morgan fingerprint density at radius 3 is 2.25 bits per heavy atom. The Kier molecular flexibility index (Phi) is 6.40. The van der Waals surface area contributed by atoms with Crippen LogP contribution in [-0.2, 0) is 0 Å². The molecule has 2 aromatic carbocycles. The van der Waals surface area contributed by atoms with E-state index in [1.54, 1.807) is 0 Å². The molecule has 0 amide bonds. The maximum Gasteiger partial charge on any atom is 0.190 e. The van der Waals surface area contributed by atoms with Crippen molar-refractivity contribution < 1.29 is 4.79 Å². The highest BCUT2D eigenvalue weighted by Gasteiger charge is 2.13. The van der Waals surface area contributed by atoms with Gasteiger partial charge in [0.15, 0.2) is 5.78 Å². The summed E-state index contributed by atoms with van der Waals surface area (Å²) >= 11 is 3.43. The van der Waals surface area contributed by atoms with E-state index in [2.05, 4.69) is 15.9 Å². The van der Waals surface area contributed by atoms with Gasteiger partial charge in [-0.3, -0.25) is 4.79 Å². The average molecular weight is 331 g/mol. The second kappa shape index (κ2) is 7.81. The molecule has 2 heteroatoms. The van der Waals surface area contributed by atoms with Crippen LogP contribution in [0.3, 0.4) is 0 Å². The summed E-state index contributed by atoms with van der Waals surface area (Å²) in [6, 6.07) is 17.5. The van der Waals surface area contributed by atoms with Crippen molar-refractivity contribution in [1.82, 2.24) is 0 Å². The molecule has 0 heterocycles. The molecule has 2 rings (SSSR count). The van der Waals surface area contributed by atoms with Crippen molar-refractivity contribution in [3.8, 4) is 0 Å². The predicted octanol–water partition coefficient (Wildman–Crippen LogP) is 5.76. The number of carbonyl (C=O) groups excluding carboxylic acids is 1. The monoisotopic (exact) mass is 330 g/mol. The Hall–Kier alpha value is -1.67. The summed E-state index contributed by atoms with van der Waals surface area (Å²) in [7, 11) is 0. The van der Waals surface area contributed by atoms with Gasteiger partial charge in [-0.05, 0) is 30.2 Å². The standard InChI is InChI=1S/C17H15BrO.CH4/c1-2-14(12-13-8-4-3-5-9-13)17(19)15-10-6-7-11-16(15)18;/h3-12H,2H2,1H3;1H4/b14-12+;. The van der Waals surface area contributed by atoms with Crippen LogP contribution < -0.4 is 0 Å². The van der Waals surface area contributed by atoms with E-state index < -0.39 is 0 Å². The number of halogens is 1. The van der Waals surface area contributed by atoms with Gasteiger partial charge >= 0.3 is 0 Å². The van der Waals surface area contributed by atoms with Crippen molar-refractivity contribution in [2.45, 2.75) is 20.8 Å². The van der Waals surface area contributed by atoms with Gasteiger partial charge in [-0.1, -0.05) is 72.7 Å². The Morgan fingerprint density at radius 1 is 1.05 bits per heavy atom. The lowest BCUT2D eigenvalue weighted by Gasteiger charge is -2.06. The summed E-state index contributed by atoms with van der Waals surface area (Å²) in [6.07, 6.45) is 2.68. The molecule has 1 nitrogen and oxygen atoms in total. The molecule has 0 N–H and O–H groups in total. The minimum absolute atomic E-state index is 0. The zero-order chi connectivity index (χ0) is 13.7. The number of hydrogen-bond acceptors (Lipinski definition) is 1. The summed E-state index contributed by atoms with van der Waals surface area (Å²) in [4.78, 5) is 12.5. The molecule has 0 bridgehead atoms. The fourth-order valence-corrected chi connectivity index (χ4v) is 2.36. The van der Waals surface area contributed by atoms with Crippen LogP contribution in [0.4, 0.5) is 0 Å². The molecule has 0 aromatic heterocycles. The van der Waals surface area contributed by atoms with Crippen molar-refractivity contribution in [3.63, 3.8) is 0 Å². The minimum atomic E-state index is 0. The second-order valence-corrected chi connectivity index (χ2v) is 5.10. The van der Waals surface area contributed by atoms with Gasteiger partial charge in [0.05, 0.1) is 0 Å². The maximum atomic E-state index is 12.5. The average Bonchev–Trinajstić information content (AvgIpc) is 2.46. The molecule has 2 aromatic rings. The van der Waals surface area contributed by atoms with Gasteiger partial charge in [-0.2, -0.15) is 0 Å². The number of Topliss-reactive ketones (excluding diaryl/α,β-unsaturated/α-hetero) is 1. The third kappa shape index (κ3) is 3.91. The fraction of sp³-hybridized carbons (Fsp3) is 0.167. The van der Waals surface area contributed by atoms with E-state index in [4.69, 9.17) is 0 Å². The van der Waals surface area contributed by atoms with E-state index in [1.807, 2.05) is 67.6 Å². The third-order valence-corrected chi connectivity index (χ3v) is 3.62.